The van der Waals surface area contributed by atoms with E-state index in [0.29, 0.717) is 17.6 Å². The minimum absolute atomic E-state index is 0.510. The average molecular weight is 807 g/mol. The third-order valence-electron chi connectivity index (χ3n) is 12.3. The highest BCUT2D eigenvalue weighted by atomic mass is 16.3. The number of para-hydroxylation sites is 2. The van der Waals surface area contributed by atoms with Crippen LogP contribution >= 0.6 is 0 Å². The number of benzene rings is 9. The molecule has 0 saturated carbocycles. The number of hydrogen-bond acceptors (Lipinski definition) is 5. The standard InChI is InChI=1S/C57H34N4O2/c1-5-16-35(17-6-1)40-24-15-29-49-52(40)45-31-30-39(32-50(45)62-49)56-58-55(38-22-11-4-12-23-38)59-57(60-56)61-48-33-47-44-28-14-26-42(37-20-9-3-10-21-37)54(44)63-51(47)34-46(48)43-27-13-25-41(53(43)61)36-18-7-2-8-19-36/h1-34H. The minimum atomic E-state index is 0.510. The zero-order chi connectivity index (χ0) is 41.4. The minimum Gasteiger partial charge on any atom is -0.456 e. The van der Waals surface area contributed by atoms with Crippen LogP contribution in [0, 0.1) is 0 Å². The van der Waals surface area contributed by atoms with Crippen molar-refractivity contribution in [1.82, 2.24) is 19.5 Å². The largest absolute Gasteiger partial charge is 0.456 e. The Morgan fingerprint density at radius 3 is 1.62 bits per heavy atom. The van der Waals surface area contributed by atoms with Crippen molar-refractivity contribution in [1.29, 1.82) is 0 Å². The number of nitrogens with zero attached hydrogens (tertiary/aromatic N) is 4. The van der Waals surface area contributed by atoms with Gasteiger partial charge in [-0.05, 0) is 52.6 Å². The monoisotopic (exact) mass is 806 g/mol. The molecule has 0 amide bonds. The van der Waals surface area contributed by atoms with Crippen LogP contribution in [0.1, 0.15) is 0 Å². The lowest BCUT2D eigenvalue weighted by Gasteiger charge is -2.13. The Balaban J connectivity index is 1.09. The molecule has 0 bridgehead atoms. The van der Waals surface area contributed by atoms with E-state index in [-0.39, 0.29) is 0 Å². The number of rotatable bonds is 6. The molecule has 9 aromatic carbocycles. The molecular formula is C57H34N4O2. The molecule has 0 fully saturated rings. The van der Waals surface area contributed by atoms with E-state index in [1.54, 1.807) is 0 Å². The Bertz CT molecular complexity index is 3890. The molecule has 13 rings (SSSR count). The Labute approximate surface area is 361 Å². The Morgan fingerprint density at radius 1 is 0.333 bits per heavy atom. The Hall–Kier alpha value is -8.61. The van der Waals surface area contributed by atoms with Gasteiger partial charge in [-0.25, -0.2) is 4.98 Å². The van der Waals surface area contributed by atoms with Gasteiger partial charge in [0, 0.05) is 54.6 Å². The molecule has 0 spiro atoms. The highest BCUT2D eigenvalue weighted by Crippen LogP contribution is 2.44. The first-order valence-electron chi connectivity index (χ1n) is 21.1. The van der Waals surface area contributed by atoms with Gasteiger partial charge in [0.1, 0.15) is 22.3 Å². The van der Waals surface area contributed by atoms with Crippen LogP contribution in [0.3, 0.4) is 0 Å². The molecule has 4 aromatic heterocycles. The van der Waals surface area contributed by atoms with Crippen molar-refractivity contribution in [2.24, 2.45) is 0 Å². The van der Waals surface area contributed by atoms with E-state index in [9.17, 15) is 0 Å². The molecule has 63 heavy (non-hydrogen) atoms. The van der Waals surface area contributed by atoms with Crippen molar-refractivity contribution >= 4 is 65.7 Å². The SMILES string of the molecule is c1ccc(-c2nc(-c3ccc4c(c3)oc3cccc(-c5ccccc5)c34)nc(-n3c4cc5c(cc4c4cccc(-c6ccccc6)c43)oc3c(-c4ccccc4)cccc35)n2)cc1. The van der Waals surface area contributed by atoms with Crippen molar-refractivity contribution in [3.8, 4) is 62.1 Å². The molecule has 0 aliphatic carbocycles. The van der Waals surface area contributed by atoms with Gasteiger partial charge in [-0.3, -0.25) is 4.57 Å². The molecule has 13 aromatic rings. The molecule has 6 heteroatoms. The van der Waals surface area contributed by atoms with Gasteiger partial charge in [-0.1, -0.05) is 176 Å². The van der Waals surface area contributed by atoms with Gasteiger partial charge < -0.3 is 8.83 Å². The lowest BCUT2D eigenvalue weighted by atomic mass is 9.99. The molecule has 4 heterocycles. The fraction of sp³-hybridized carbons (Fsp3) is 0. The van der Waals surface area contributed by atoms with E-state index in [0.717, 1.165) is 110 Å². The van der Waals surface area contributed by atoms with E-state index in [2.05, 4.69) is 156 Å². The number of fused-ring (bicyclic) bond motifs is 9. The quantitative estimate of drug-likeness (QED) is 0.167. The van der Waals surface area contributed by atoms with Gasteiger partial charge in [0.2, 0.25) is 5.95 Å². The summed E-state index contributed by atoms with van der Waals surface area (Å²) in [5, 5.41) is 6.29. The predicted octanol–water partition coefficient (Wildman–Crippen LogP) is 15.1. The molecular weight excluding hydrogens is 773 g/mol. The summed E-state index contributed by atoms with van der Waals surface area (Å²) in [5.74, 6) is 1.62. The summed E-state index contributed by atoms with van der Waals surface area (Å²) in [4.78, 5) is 15.9. The number of aromatic nitrogens is 4. The fourth-order valence-corrected chi connectivity index (χ4v) is 9.39. The smallest absolute Gasteiger partial charge is 0.238 e. The molecule has 0 N–H and O–H groups in total. The highest BCUT2D eigenvalue weighted by Gasteiger charge is 2.24. The summed E-state index contributed by atoms with van der Waals surface area (Å²) in [6.07, 6.45) is 0. The molecule has 0 aliphatic rings. The second-order valence-corrected chi connectivity index (χ2v) is 15.9. The number of furan rings is 2. The number of hydrogen-bond donors (Lipinski definition) is 0. The second kappa shape index (κ2) is 14.0. The summed E-state index contributed by atoms with van der Waals surface area (Å²) < 4.78 is 15.6. The summed E-state index contributed by atoms with van der Waals surface area (Å²) >= 11 is 0. The Kier molecular flexibility index (Phi) is 7.80. The predicted molar refractivity (Wildman–Crippen MR) is 256 cm³/mol. The summed E-state index contributed by atoms with van der Waals surface area (Å²) in [6, 6.07) is 71.4. The van der Waals surface area contributed by atoms with Crippen LogP contribution in [-0.2, 0) is 0 Å². The van der Waals surface area contributed by atoms with Gasteiger partial charge in [-0.2, -0.15) is 9.97 Å². The van der Waals surface area contributed by atoms with Crippen molar-refractivity contribution in [3.05, 3.63) is 206 Å². The van der Waals surface area contributed by atoms with Gasteiger partial charge in [-0.15, -0.1) is 0 Å². The van der Waals surface area contributed by atoms with Crippen LogP contribution in [0.15, 0.2) is 215 Å². The van der Waals surface area contributed by atoms with Crippen LogP contribution in [0.4, 0.5) is 0 Å². The van der Waals surface area contributed by atoms with E-state index in [4.69, 9.17) is 23.8 Å². The molecule has 0 saturated heterocycles. The molecule has 0 unspecified atom stereocenters. The third kappa shape index (κ3) is 5.62. The summed E-state index contributed by atoms with van der Waals surface area (Å²) in [6.45, 7) is 0. The lowest BCUT2D eigenvalue weighted by Crippen LogP contribution is -2.07. The highest BCUT2D eigenvalue weighted by molar-refractivity contribution is 6.20. The lowest BCUT2D eigenvalue weighted by molar-refractivity contribution is 0.669. The summed E-state index contributed by atoms with van der Waals surface area (Å²) in [7, 11) is 0. The van der Waals surface area contributed by atoms with E-state index in [1.165, 1.54) is 0 Å². The van der Waals surface area contributed by atoms with Crippen LogP contribution < -0.4 is 0 Å². The molecule has 0 aliphatic heterocycles. The van der Waals surface area contributed by atoms with E-state index in [1.807, 2.05) is 54.6 Å². The van der Waals surface area contributed by atoms with Crippen LogP contribution in [0.5, 0.6) is 0 Å². The first-order valence-corrected chi connectivity index (χ1v) is 21.1. The second-order valence-electron chi connectivity index (χ2n) is 15.9. The van der Waals surface area contributed by atoms with Crippen LogP contribution in [0.2, 0.25) is 0 Å². The molecule has 6 nitrogen and oxygen atoms in total. The van der Waals surface area contributed by atoms with Gasteiger partial charge >= 0.3 is 0 Å². The topological polar surface area (TPSA) is 69.9 Å². The molecule has 0 radical (unpaired) electrons. The van der Waals surface area contributed by atoms with Crippen LogP contribution in [0.25, 0.3) is 128 Å². The summed E-state index contributed by atoms with van der Waals surface area (Å²) in [5.41, 5.74) is 13.5. The maximum atomic E-state index is 6.81. The molecule has 0 atom stereocenters. The zero-order valence-electron chi connectivity index (χ0n) is 33.7. The fourth-order valence-electron chi connectivity index (χ4n) is 9.39. The van der Waals surface area contributed by atoms with Crippen LogP contribution in [-0.4, -0.2) is 19.5 Å². The van der Waals surface area contributed by atoms with E-state index < -0.39 is 0 Å². The van der Waals surface area contributed by atoms with Crippen molar-refractivity contribution in [2.45, 2.75) is 0 Å². The van der Waals surface area contributed by atoms with Crippen molar-refractivity contribution in [3.63, 3.8) is 0 Å². The first-order chi connectivity index (χ1) is 31.2. The maximum absolute atomic E-state index is 6.81. The maximum Gasteiger partial charge on any atom is 0.238 e. The van der Waals surface area contributed by atoms with E-state index >= 15 is 0 Å². The van der Waals surface area contributed by atoms with Gasteiger partial charge in [0.05, 0.1) is 11.0 Å². The Morgan fingerprint density at radius 2 is 0.905 bits per heavy atom. The van der Waals surface area contributed by atoms with Gasteiger partial charge in [0.25, 0.3) is 0 Å². The zero-order valence-corrected chi connectivity index (χ0v) is 33.7. The van der Waals surface area contributed by atoms with Crippen molar-refractivity contribution < 1.29 is 8.83 Å². The molecule has 294 valence electrons. The average Bonchev–Trinajstić information content (AvgIpc) is 4.03. The third-order valence-corrected chi connectivity index (χ3v) is 12.3. The first kappa shape index (κ1) is 35.2. The van der Waals surface area contributed by atoms with Gasteiger partial charge in [0.15, 0.2) is 11.6 Å². The normalized spacial score (nSPS) is 11.8. The van der Waals surface area contributed by atoms with Crippen molar-refractivity contribution in [2.75, 3.05) is 0 Å².